The second kappa shape index (κ2) is 12.2. The lowest BCUT2D eigenvalue weighted by atomic mass is 9.96. The van der Waals surface area contributed by atoms with Crippen molar-refractivity contribution in [3.8, 4) is 22.6 Å². The minimum atomic E-state index is -0.431. The third-order valence-electron chi connectivity index (χ3n) is 8.65. The van der Waals surface area contributed by atoms with Crippen molar-refractivity contribution in [1.82, 2.24) is 14.4 Å². The van der Waals surface area contributed by atoms with Crippen LogP contribution in [-0.2, 0) is 18.4 Å². The quantitative estimate of drug-likeness (QED) is 0.332. The average molecular weight is 599 g/mol. The highest BCUT2D eigenvalue weighted by atomic mass is 16.7. The van der Waals surface area contributed by atoms with Crippen molar-refractivity contribution in [2.45, 2.75) is 32.6 Å². The molecule has 0 fully saturated rings. The molecular weight excluding hydrogens is 560 g/mol. The number of aliphatic hydroxyl groups is 1. The number of ether oxygens (including phenoxy) is 3. The molecule has 0 aliphatic carbocycles. The Balaban J connectivity index is 1.33. The number of nitrogens with zero attached hydrogens (tertiary/aromatic N) is 3. The van der Waals surface area contributed by atoms with Crippen LogP contribution >= 0.6 is 0 Å². The van der Waals surface area contributed by atoms with Gasteiger partial charge in [-0.05, 0) is 36.2 Å². The molecule has 3 heterocycles. The molecule has 10 heteroatoms. The smallest absolute Gasteiger partial charge is 0.321 e. The fraction of sp³-hybridized carbons (Fsp3) is 0.353. The summed E-state index contributed by atoms with van der Waals surface area (Å²) in [6.07, 6.45) is -0.408. The Morgan fingerprint density at radius 1 is 1.09 bits per heavy atom. The molecule has 0 saturated heterocycles. The molecule has 4 aromatic rings. The highest BCUT2D eigenvalue weighted by molar-refractivity contribution is 6.10. The van der Waals surface area contributed by atoms with E-state index in [0.29, 0.717) is 36.0 Å². The van der Waals surface area contributed by atoms with Crippen LogP contribution in [0.3, 0.4) is 0 Å². The van der Waals surface area contributed by atoms with Gasteiger partial charge in [0.15, 0.2) is 11.5 Å². The summed E-state index contributed by atoms with van der Waals surface area (Å²) < 4.78 is 19.4. The molecule has 2 N–H and O–H groups in total. The second-order valence-electron chi connectivity index (χ2n) is 11.7. The van der Waals surface area contributed by atoms with E-state index in [2.05, 4.69) is 5.32 Å². The van der Waals surface area contributed by atoms with Crippen LogP contribution in [0.5, 0.6) is 11.5 Å². The molecule has 0 bridgehead atoms. The Bertz CT molecular complexity index is 1700. The fourth-order valence-corrected chi connectivity index (χ4v) is 6.07. The van der Waals surface area contributed by atoms with Crippen molar-refractivity contribution in [3.05, 3.63) is 78.0 Å². The normalized spacial score (nSPS) is 18.8. The Kier molecular flexibility index (Phi) is 8.20. The molecule has 44 heavy (non-hydrogen) atoms. The molecule has 3 atom stereocenters. The molecule has 3 amide bonds. The van der Waals surface area contributed by atoms with E-state index in [9.17, 15) is 14.7 Å². The maximum absolute atomic E-state index is 14.5. The van der Waals surface area contributed by atoms with Crippen LogP contribution in [0.2, 0.25) is 0 Å². The van der Waals surface area contributed by atoms with Crippen LogP contribution in [0.1, 0.15) is 29.9 Å². The first kappa shape index (κ1) is 29.5. The van der Waals surface area contributed by atoms with Crippen LogP contribution < -0.4 is 14.8 Å². The number of nitrogens with one attached hydrogen (secondary N) is 1. The molecule has 0 radical (unpaired) electrons. The number of hydrogen-bond acceptors (Lipinski definition) is 6. The monoisotopic (exact) mass is 598 g/mol. The highest BCUT2D eigenvalue weighted by Crippen LogP contribution is 2.38. The number of carbonyl (C=O) groups is 2. The minimum absolute atomic E-state index is 0.155. The number of fused-ring (bicyclic) bond motifs is 6. The lowest BCUT2D eigenvalue weighted by Crippen LogP contribution is -2.48. The lowest BCUT2D eigenvalue weighted by Gasteiger charge is -2.35. The number of likely N-dealkylation sites (N-methyl/N-ethyl adjacent to an activating group) is 1. The predicted octanol–water partition coefficient (Wildman–Crippen LogP) is 5.10. The van der Waals surface area contributed by atoms with Crippen LogP contribution in [0.25, 0.3) is 22.0 Å². The van der Waals surface area contributed by atoms with Gasteiger partial charge in [-0.1, -0.05) is 49.4 Å². The first-order chi connectivity index (χ1) is 21.3. The van der Waals surface area contributed by atoms with Crippen LogP contribution in [0.15, 0.2) is 66.7 Å². The number of anilines is 1. The molecule has 0 saturated carbocycles. The van der Waals surface area contributed by atoms with Crippen LogP contribution in [0, 0.1) is 5.92 Å². The van der Waals surface area contributed by atoms with Gasteiger partial charge in [-0.2, -0.15) is 0 Å². The first-order valence-electron chi connectivity index (χ1n) is 14.9. The van der Waals surface area contributed by atoms with Crippen molar-refractivity contribution < 1.29 is 28.9 Å². The maximum atomic E-state index is 14.5. The number of aromatic nitrogens is 1. The van der Waals surface area contributed by atoms with Gasteiger partial charge in [0.1, 0.15) is 5.69 Å². The number of rotatable bonds is 5. The number of amides is 3. The number of aliphatic hydroxyl groups excluding tert-OH is 1. The van der Waals surface area contributed by atoms with E-state index >= 15 is 0 Å². The van der Waals surface area contributed by atoms with Crippen LogP contribution in [0.4, 0.5) is 10.5 Å². The minimum Gasteiger partial charge on any atom is -0.454 e. The summed E-state index contributed by atoms with van der Waals surface area (Å²) in [7, 11) is 3.64. The fourth-order valence-electron chi connectivity index (χ4n) is 6.07. The molecule has 0 unspecified atom stereocenters. The van der Waals surface area contributed by atoms with Gasteiger partial charge in [0, 0.05) is 61.3 Å². The number of hydrogen-bond donors (Lipinski definition) is 2. The topological polar surface area (TPSA) is 106 Å². The molecule has 2 aliphatic heterocycles. The van der Waals surface area contributed by atoms with Gasteiger partial charge < -0.3 is 39.0 Å². The third kappa shape index (κ3) is 5.46. The number of para-hydroxylation sites is 1. The number of urea groups is 1. The summed E-state index contributed by atoms with van der Waals surface area (Å²) in [4.78, 5) is 31.1. The molecule has 2 aliphatic rings. The summed E-state index contributed by atoms with van der Waals surface area (Å²) >= 11 is 0. The van der Waals surface area contributed by atoms with Gasteiger partial charge in [0.25, 0.3) is 5.91 Å². The zero-order valence-corrected chi connectivity index (χ0v) is 25.4. The van der Waals surface area contributed by atoms with E-state index in [1.54, 1.807) is 35.0 Å². The Labute approximate surface area is 256 Å². The molecule has 0 spiro atoms. The SMILES string of the molecule is C[C@@H]1CN([C@H](C)CO)C(=O)c2c(c3ccccc3n2C)-c2ccccc2CO[C@H]1CN(C)C(=O)Nc1ccc2c(c1)OCO2. The lowest BCUT2D eigenvalue weighted by molar-refractivity contribution is -0.0179. The van der Waals surface area contributed by atoms with Gasteiger partial charge in [-0.3, -0.25) is 4.79 Å². The second-order valence-corrected chi connectivity index (χ2v) is 11.7. The van der Waals surface area contributed by atoms with Crippen molar-refractivity contribution in [3.63, 3.8) is 0 Å². The summed E-state index contributed by atoms with van der Waals surface area (Å²) in [6.45, 7) is 4.76. The number of carbonyl (C=O) groups excluding carboxylic acids is 2. The standard InChI is InChI=1S/C34H38N4O6/c1-21-16-38(22(2)18-39)33(40)32-31(26-11-7-8-12-27(26)37(32)4)25-10-6-5-9-23(25)19-42-30(21)17-36(3)34(41)35-24-13-14-28-29(15-24)44-20-43-28/h5-15,21-22,30,39H,16-20H2,1-4H3,(H,35,41)/t21-,22-,30+/m1/s1. The van der Waals surface area contributed by atoms with Crippen molar-refractivity contribution in [2.75, 3.05) is 38.9 Å². The molecule has 3 aromatic carbocycles. The first-order valence-corrected chi connectivity index (χ1v) is 14.9. The summed E-state index contributed by atoms with van der Waals surface area (Å²) in [5, 5.41) is 14.1. The summed E-state index contributed by atoms with van der Waals surface area (Å²) in [6, 6.07) is 20.5. The number of aryl methyl sites for hydroxylation is 1. The molecule has 10 nitrogen and oxygen atoms in total. The van der Waals surface area contributed by atoms with E-state index in [1.165, 1.54) is 0 Å². The summed E-state index contributed by atoms with van der Waals surface area (Å²) in [5.74, 6) is 0.900. The maximum Gasteiger partial charge on any atom is 0.321 e. The van der Waals surface area contributed by atoms with Crippen molar-refractivity contribution in [2.24, 2.45) is 13.0 Å². The largest absolute Gasteiger partial charge is 0.454 e. The van der Waals surface area contributed by atoms with Gasteiger partial charge in [0.05, 0.1) is 25.4 Å². The van der Waals surface area contributed by atoms with Crippen LogP contribution in [-0.4, -0.2) is 77.1 Å². The van der Waals surface area contributed by atoms with Crippen molar-refractivity contribution in [1.29, 1.82) is 0 Å². The Hall–Kier alpha value is -4.54. The van der Waals surface area contributed by atoms with Gasteiger partial charge in [-0.15, -0.1) is 0 Å². The number of benzene rings is 3. The molecule has 1 aromatic heterocycles. The van der Waals surface area contributed by atoms with Crippen molar-refractivity contribution >= 4 is 28.5 Å². The van der Waals surface area contributed by atoms with E-state index in [-0.39, 0.29) is 37.8 Å². The molecular formula is C34H38N4O6. The Morgan fingerprint density at radius 2 is 1.84 bits per heavy atom. The Morgan fingerprint density at radius 3 is 2.66 bits per heavy atom. The molecule has 6 rings (SSSR count). The van der Waals surface area contributed by atoms with Gasteiger partial charge in [-0.25, -0.2) is 4.79 Å². The van der Waals surface area contributed by atoms with E-state index in [4.69, 9.17) is 14.2 Å². The predicted molar refractivity (Wildman–Crippen MR) is 168 cm³/mol. The zero-order chi connectivity index (χ0) is 31.0. The average Bonchev–Trinajstić information content (AvgIpc) is 3.62. The third-order valence-corrected chi connectivity index (χ3v) is 8.65. The highest BCUT2D eigenvalue weighted by Gasteiger charge is 2.34. The zero-order valence-electron chi connectivity index (χ0n) is 25.4. The van der Waals surface area contributed by atoms with Gasteiger partial charge >= 0.3 is 6.03 Å². The van der Waals surface area contributed by atoms with Gasteiger partial charge in [0.2, 0.25) is 6.79 Å². The van der Waals surface area contributed by atoms with E-state index in [0.717, 1.165) is 27.6 Å². The molecule has 230 valence electrons. The van der Waals surface area contributed by atoms with E-state index in [1.807, 2.05) is 74.0 Å². The summed E-state index contributed by atoms with van der Waals surface area (Å²) in [5.41, 5.74) is 4.85. The van der Waals surface area contributed by atoms with E-state index < -0.39 is 12.1 Å².